The van der Waals surface area contributed by atoms with Gasteiger partial charge in [0.15, 0.2) is 0 Å². The van der Waals surface area contributed by atoms with Crippen molar-refractivity contribution < 1.29 is 9.53 Å². The summed E-state index contributed by atoms with van der Waals surface area (Å²) >= 11 is 0. The van der Waals surface area contributed by atoms with Crippen LogP contribution in [0.25, 0.3) is 0 Å². The van der Waals surface area contributed by atoms with E-state index in [4.69, 9.17) is 4.74 Å². The minimum absolute atomic E-state index is 0.246. The Kier molecular flexibility index (Phi) is 4.34. The molecule has 3 aliphatic rings. The first-order valence-electron chi connectivity index (χ1n) is 9.36. The van der Waals surface area contributed by atoms with Gasteiger partial charge in [0, 0.05) is 24.9 Å². The highest BCUT2D eigenvalue weighted by atomic mass is 16.5. The van der Waals surface area contributed by atoms with Crippen LogP contribution in [0.1, 0.15) is 31.2 Å². The van der Waals surface area contributed by atoms with Gasteiger partial charge in [-0.15, -0.1) is 0 Å². The van der Waals surface area contributed by atoms with Gasteiger partial charge in [-0.1, -0.05) is 30.4 Å². The molecule has 3 heteroatoms. The van der Waals surface area contributed by atoms with Crippen molar-refractivity contribution in [3.8, 4) is 5.75 Å². The van der Waals surface area contributed by atoms with E-state index in [0.717, 1.165) is 38.1 Å². The average molecular weight is 325 g/mol. The number of hydrogen-bond acceptors (Lipinski definition) is 2. The first-order chi connectivity index (χ1) is 11.7. The van der Waals surface area contributed by atoms with Crippen molar-refractivity contribution in [1.82, 2.24) is 4.90 Å². The largest absolute Gasteiger partial charge is 0.493 e. The second kappa shape index (κ2) is 6.62. The molecule has 0 N–H and O–H groups in total. The van der Waals surface area contributed by atoms with Gasteiger partial charge in [0.25, 0.3) is 0 Å². The number of para-hydroxylation sites is 1. The summed E-state index contributed by atoms with van der Waals surface area (Å²) < 4.78 is 6.03. The van der Waals surface area contributed by atoms with Crippen LogP contribution in [0.2, 0.25) is 0 Å². The lowest BCUT2D eigenvalue weighted by Gasteiger charge is -2.35. The van der Waals surface area contributed by atoms with Gasteiger partial charge in [0.1, 0.15) is 5.75 Å². The molecule has 4 atom stereocenters. The van der Waals surface area contributed by atoms with Gasteiger partial charge in [-0.2, -0.15) is 0 Å². The SMILES string of the molecule is Cc1ccccc1OC[C@@H]1CCCN(C(=O)[C@@H]2C[C@@H]3C=C[C@H]2C3)C1. The molecule has 0 radical (unpaired) electrons. The van der Waals surface area contributed by atoms with Gasteiger partial charge < -0.3 is 9.64 Å². The van der Waals surface area contributed by atoms with Gasteiger partial charge in [-0.05, 0) is 56.1 Å². The Morgan fingerprint density at radius 1 is 1.25 bits per heavy atom. The summed E-state index contributed by atoms with van der Waals surface area (Å²) in [6.07, 6.45) is 9.12. The van der Waals surface area contributed by atoms with Gasteiger partial charge in [-0.3, -0.25) is 4.79 Å². The van der Waals surface area contributed by atoms with E-state index in [-0.39, 0.29) is 5.92 Å². The number of carbonyl (C=O) groups excluding carboxylic acids is 1. The molecular formula is C21H27NO2. The average Bonchev–Trinajstić information content (AvgIpc) is 3.24. The van der Waals surface area contributed by atoms with Crippen molar-refractivity contribution in [2.75, 3.05) is 19.7 Å². The fraction of sp³-hybridized carbons (Fsp3) is 0.571. The number of allylic oxidation sites excluding steroid dienone is 2. The molecule has 1 aromatic carbocycles. The zero-order chi connectivity index (χ0) is 16.5. The van der Waals surface area contributed by atoms with E-state index in [2.05, 4.69) is 30.0 Å². The number of fused-ring (bicyclic) bond motifs is 2. The van der Waals surface area contributed by atoms with Crippen molar-refractivity contribution in [3.05, 3.63) is 42.0 Å². The number of piperidine rings is 1. The molecule has 1 aliphatic heterocycles. The summed E-state index contributed by atoms with van der Waals surface area (Å²) in [7, 11) is 0. The number of nitrogens with zero attached hydrogens (tertiary/aromatic N) is 1. The summed E-state index contributed by atoms with van der Waals surface area (Å²) in [6.45, 7) is 4.58. The van der Waals surface area contributed by atoms with Crippen molar-refractivity contribution in [3.63, 3.8) is 0 Å². The van der Waals surface area contributed by atoms with Crippen LogP contribution in [-0.4, -0.2) is 30.5 Å². The van der Waals surface area contributed by atoms with E-state index in [1.807, 2.05) is 18.2 Å². The molecule has 1 heterocycles. The maximum Gasteiger partial charge on any atom is 0.226 e. The molecule has 128 valence electrons. The zero-order valence-corrected chi connectivity index (χ0v) is 14.5. The molecular weight excluding hydrogens is 298 g/mol. The Morgan fingerprint density at radius 2 is 2.12 bits per heavy atom. The summed E-state index contributed by atoms with van der Waals surface area (Å²) in [6, 6.07) is 8.16. The van der Waals surface area contributed by atoms with Crippen LogP contribution in [0.3, 0.4) is 0 Å². The lowest BCUT2D eigenvalue weighted by molar-refractivity contribution is -0.138. The fourth-order valence-corrected chi connectivity index (χ4v) is 4.63. The third-order valence-electron chi connectivity index (χ3n) is 5.99. The third-order valence-corrected chi connectivity index (χ3v) is 5.99. The molecule has 2 aliphatic carbocycles. The Hall–Kier alpha value is -1.77. The normalized spacial score (nSPS) is 31.5. The van der Waals surface area contributed by atoms with Crippen LogP contribution in [0.5, 0.6) is 5.75 Å². The molecule has 1 saturated heterocycles. The number of ether oxygens (including phenoxy) is 1. The number of benzene rings is 1. The van der Waals surface area contributed by atoms with Crippen molar-refractivity contribution >= 4 is 5.91 Å². The molecule has 2 fully saturated rings. The van der Waals surface area contributed by atoms with Crippen molar-refractivity contribution in [2.24, 2.45) is 23.7 Å². The summed E-state index contributed by atoms with van der Waals surface area (Å²) in [5.41, 5.74) is 1.18. The standard InChI is InChI=1S/C21H27NO2/c1-15-5-2-3-7-20(15)24-14-17-6-4-10-22(13-17)21(23)19-12-16-8-9-18(19)11-16/h2-3,5,7-9,16-19H,4,6,10-14H2,1H3/t16-,17-,18+,19-/m1/s1. The first kappa shape index (κ1) is 15.7. The highest BCUT2D eigenvalue weighted by Crippen LogP contribution is 2.44. The number of amides is 1. The van der Waals surface area contributed by atoms with Crippen LogP contribution >= 0.6 is 0 Å². The molecule has 2 bridgehead atoms. The molecule has 24 heavy (non-hydrogen) atoms. The second-order valence-corrected chi connectivity index (χ2v) is 7.76. The molecule has 1 amide bonds. The maximum absolute atomic E-state index is 12.9. The lowest BCUT2D eigenvalue weighted by Crippen LogP contribution is -2.45. The van der Waals surface area contributed by atoms with Gasteiger partial charge in [0.2, 0.25) is 5.91 Å². The highest BCUT2D eigenvalue weighted by molar-refractivity contribution is 5.80. The topological polar surface area (TPSA) is 29.5 Å². The van der Waals surface area contributed by atoms with E-state index in [1.165, 1.54) is 12.0 Å². The molecule has 0 aromatic heterocycles. The van der Waals surface area contributed by atoms with E-state index < -0.39 is 0 Å². The van der Waals surface area contributed by atoms with E-state index >= 15 is 0 Å². The van der Waals surface area contributed by atoms with Crippen molar-refractivity contribution in [1.29, 1.82) is 0 Å². The van der Waals surface area contributed by atoms with Gasteiger partial charge in [-0.25, -0.2) is 0 Å². The molecule has 4 rings (SSSR count). The Labute approximate surface area is 144 Å². The van der Waals surface area contributed by atoms with Crippen LogP contribution in [0, 0.1) is 30.6 Å². The van der Waals surface area contributed by atoms with E-state index in [0.29, 0.717) is 30.3 Å². The number of rotatable bonds is 4. The number of carbonyl (C=O) groups is 1. The zero-order valence-electron chi connectivity index (χ0n) is 14.5. The molecule has 1 aromatic rings. The number of aryl methyl sites for hydroxylation is 1. The van der Waals surface area contributed by atoms with Crippen molar-refractivity contribution in [2.45, 2.75) is 32.6 Å². The predicted molar refractivity (Wildman–Crippen MR) is 94.8 cm³/mol. The smallest absolute Gasteiger partial charge is 0.226 e. The van der Waals surface area contributed by atoms with E-state index in [1.54, 1.807) is 0 Å². The molecule has 1 saturated carbocycles. The summed E-state index contributed by atoms with van der Waals surface area (Å²) in [5.74, 6) is 3.24. The molecule has 3 nitrogen and oxygen atoms in total. The minimum atomic E-state index is 0.246. The van der Waals surface area contributed by atoms with Gasteiger partial charge in [0.05, 0.1) is 6.61 Å². The lowest BCUT2D eigenvalue weighted by atomic mass is 9.90. The molecule has 0 unspecified atom stereocenters. The maximum atomic E-state index is 12.9. The first-order valence-corrected chi connectivity index (χ1v) is 9.36. The van der Waals surface area contributed by atoms with Gasteiger partial charge >= 0.3 is 0 Å². The third kappa shape index (κ3) is 3.09. The highest BCUT2D eigenvalue weighted by Gasteiger charge is 2.42. The van der Waals surface area contributed by atoms with Crippen LogP contribution < -0.4 is 4.74 Å². The number of likely N-dealkylation sites (tertiary alicyclic amines) is 1. The Morgan fingerprint density at radius 3 is 2.88 bits per heavy atom. The van der Waals surface area contributed by atoms with Crippen LogP contribution in [0.15, 0.2) is 36.4 Å². The molecule has 0 spiro atoms. The monoisotopic (exact) mass is 325 g/mol. The fourth-order valence-electron chi connectivity index (χ4n) is 4.63. The number of hydrogen-bond donors (Lipinski definition) is 0. The van der Waals surface area contributed by atoms with Crippen LogP contribution in [0.4, 0.5) is 0 Å². The quantitative estimate of drug-likeness (QED) is 0.788. The Balaban J connectivity index is 1.33. The minimum Gasteiger partial charge on any atom is -0.493 e. The second-order valence-electron chi connectivity index (χ2n) is 7.76. The summed E-state index contributed by atoms with van der Waals surface area (Å²) in [5, 5.41) is 0. The summed E-state index contributed by atoms with van der Waals surface area (Å²) in [4.78, 5) is 15.0. The van der Waals surface area contributed by atoms with Crippen LogP contribution in [-0.2, 0) is 4.79 Å². The van der Waals surface area contributed by atoms with E-state index in [9.17, 15) is 4.79 Å². The predicted octanol–water partition coefficient (Wildman–Crippen LogP) is 3.82. The Bertz CT molecular complexity index is 638.